The number of carbonyl (C=O) groups excluding carboxylic acids is 3. The molecule has 1 amide bonds. The number of nitrogens with zero attached hydrogens (tertiary/aromatic N) is 1. The molecule has 0 spiro atoms. The van der Waals surface area contributed by atoms with E-state index in [9.17, 15) is 24.5 Å². The van der Waals surface area contributed by atoms with Crippen LogP contribution in [0.15, 0.2) is 54.6 Å². The molecule has 9 nitrogen and oxygen atoms in total. The van der Waals surface area contributed by atoms with Gasteiger partial charge in [-0.25, -0.2) is 4.79 Å². The first-order valence-electron chi connectivity index (χ1n) is 9.08. The maximum absolute atomic E-state index is 12.6. The van der Waals surface area contributed by atoms with Gasteiger partial charge in [0.1, 0.15) is 6.04 Å². The Hall–Kier alpha value is -3.75. The molecule has 0 saturated heterocycles. The Morgan fingerprint density at radius 2 is 1.63 bits per heavy atom. The number of benzene rings is 2. The van der Waals surface area contributed by atoms with Crippen LogP contribution in [0.2, 0.25) is 0 Å². The first-order chi connectivity index (χ1) is 14.3. The number of non-ortho nitro benzene ring substituents is 1. The molecule has 0 aromatic heterocycles. The summed E-state index contributed by atoms with van der Waals surface area (Å²) in [6, 6.07) is 13.2. The molecule has 0 aliphatic carbocycles. The zero-order valence-electron chi connectivity index (χ0n) is 16.6. The van der Waals surface area contributed by atoms with E-state index in [1.54, 1.807) is 24.3 Å². The lowest BCUT2D eigenvalue weighted by Gasteiger charge is -2.26. The van der Waals surface area contributed by atoms with Crippen molar-refractivity contribution in [1.29, 1.82) is 0 Å². The summed E-state index contributed by atoms with van der Waals surface area (Å²) in [6.45, 7) is 0. The van der Waals surface area contributed by atoms with Crippen LogP contribution in [0.3, 0.4) is 0 Å². The summed E-state index contributed by atoms with van der Waals surface area (Å²) in [4.78, 5) is 47.3. The van der Waals surface area contributed by atoms with E-state index in [2.05, 4.69) is 5.32 Å². The van der Waals surface area contributed by atoms with E-state index in [1.165, 1.54) is 38.5 Å². The molecular formula is C21H22N2O7. The van der Waals surface area contributed by atoms with Gasteiger partial charge < -0.3 is 14.8 Å². The Balaban J connectivity index is 2.32. The molecule has 0 aliphatic rings. The Kier molecular flexibility index (Phi) is 8.04. The fourth-order valence-electron chi connectivity index (χ4n) is 2.99. The molecule has 0 bridgehead atoms. The van der Waals surface area contributed by atoms with Crippen LogP contribution in [0.1, 0.15) is 23.5 Å². The molecule has 0 saturated carbocycles. The quantitative estimate of drug-likeness (QED) is 0.379. The minimum Gasteiger partial charge on any atom is -0.469 e. The molecule has 2 aromatic rings. The highest BCUT2D eigenvalue weighted by Gasteiger charge is 2.34. The van der Waals surface area contributed by atoms with Crippen LogP contribution in [0.5, 0.6) is 0 Å². The number of hydrogen-bond acceptors (Lipinski definition) is 7. The van der Waals surface area contributed by atoms with Crippen molar-refractivity contribution in [3.8, 4) is 0 Å². The molecule has 0 unspecified atom stereocenters. The van der Waals surface area contributed by atoms with Crippen molar-refractivity contribution in [1.82, 2.24) is 5.32 Å². The van der Waals surface area contributed by atoms with Gasteiger partial charge in [0.15, 0.2) is 0 Å². The minimum atomic E-state index is -1.19. The van der Waals surface area contributed by atoms with Gasteiger partial charge in [-0.2, -0.15) is 0 Å². The van der Waals surface area contributed by atoms with Crippen molar-refractivity contribution in [2.45, 2.75) is 24.8 Å². The second-order valence-electron chi connectivity index (χ2n) is 6.47. The van der Waals surface area contributed by atoms with Crippen LogP contribution < -0.4 is 5.32 Å². The normalized spacial score (nSPS) is 12.3. The number of esters is 2. The molecule has 0 heterocycles. The zero-order valence-corrected chi connectivity index (χ0v) is 16.6. The van der Waals surface area contributed by atoms with Gasteiger partial charge in [0.2, 0.25) is 5.91 Å². The number of methoxy groups -OCH3 is 2. The smallest absolute Gasteiger partial charge is 0.329 e. The fourth-order valence-corrected chi connectivity index (χ4v) is 2.99. The summed E-state index contributed by atoms with van der Waals surface area (Å²) in [6.07, 6.45) is -0.209. The lowest BCUT2D eigenvalue weighted by Crippen LogP contribution is -2.46. The molecule has 30 heavy (non-hydrogen) atoms. The summed E-state index contributed by atoms with van der Waals surface area (Å²) in [5.74, 6) is -2.63. The van der Waals surface area contributed by atoms with Crippen molar-refractivity contribution in [2.24, 2.45) is 0 Å². The lowest BCUT2D eigenvalue weighted by molar-refractivity contribution is -0.384. The molecule has 2 rings (SSSR count). The monoisotopic (exact) mass is 414 g/mol. The van der Waals surface area contributed by atoms with E-state index in [0.29, 0.717) is 5.56 Å². The second-order valence-corrected chi connectivity index (χ2v) is 6.47. The highest BCUT2D eigenvalue weighted by atomic mass is 16.6. The van der Waals surface area contributed by atoms with Crippen LogP contribution in [-0.4, -0.2) is 43.0 Å². The van der Waals surface area contributed by atoms with Crippen LogP contribution in [0.25, 0.3) is 0 Å². The maximum Gasteiger partial charge on any atom is 0.329 e. The number of nitro groups is 1. The largest absolute Gasteiger partial charge is 0.469 e. The van der Waals surface area contributed by atoms with E-state index in [4.69, 9.17) is 9.47 Å². The summed E-state index contributed by atoms with van der Waals surface area (Å²) in [5.41, 5.74) is 1.05. The first-order valence-corrected chi connectivity index (χ1v) is 9.08. The fraction of sp³-hybridized carbons (Fsp3) is 0.286. The van der Waals surface area contributed by atoms with Gasteiger partial charge in [0.25, 0.3) is 5.69 Å². The summed E-state index contributed by atoms with van der Waals surface area (Å²) in [7, 11) is 2.38. The van der Waals surface area contributed by atoms with E-state index in [0.717, 1.165) is 5.56 Å². The predicted molar refractivity (Wildman–Crippen MR) is 107 cm³/mol. The van der Waals surface area contributed by atoms with Crippen LogP contribution >= 0.6 is 0 Å². The van der Waals surface area contributed by atoms with Crippen molar-refractivity contribution < 1.29 is 28.8 Å². The molecule has 0 aliphatic heterocycles. The molecule has 2 atom stereocenters. The SMILES string of the molecule is COC(=O)C[C@H](c1ccc([N+](=O)[O-])cc1)[C@H](NC(=O)Cc1ccccc1)C(=O)OC. The van der Waals surface area contributed by atoms with Crippen molar-refractivity contribution >= 4 is 23.5 Å². The van der Waals surface area contributed by atoms with Gasteiger partial charge in [-0.1, -0.05) is 42.5 Å². The zero-order chi connectivity index (χ0) is 22.1. The van der Waals surface area contributed by atoms with E-state index >= 15 is 0 Å². The van der Waals surface area contributed by atoms with Crippen molar-refractivity contribution in [3.63, 3.8) is 0 Å². The highest BCUT2D eigenvalue weighted by molar-refractivity contribution is 5.87. The topological polar surface area (TPSA) is 125 Å². The maximum atomic E-state index is 12.6. The van der Waals surface area contributed by atoms with Crippen LogP contribution in [-0.2, 0) is 30.3 Å². The third kappa shape index (κ3) is 6.13. The minimum absolute atomic E-state index is 0.0273. The average Bonchev–Trinajstić information content (AvgIpc) is 2.76. The highest BCUT2D eigenvalue weighted by Crippen LogP contribution is 2.27. The molecule has 0 fully saturated rings. The third-order valence-electron chi connectivity index (χ3n) is 4.53. The number of ether oxygens (including phenoxy) is 2. The molecule has 2 aromatic carbocycles. The van der Waals surface area contributed by atoms with Gasteiger partial charge in [0.05, 0.1) is 32.0 Å². The number of carbonyl (C=O) groups is 3. The summed E-state index contributed by atoms with van der Waals surface area (Å²) in [5, 5.41) is 13.5. The van der Waals surface area contributed by atoms with Crippen molar-refractivity contribution in [2.75, 3.05) is 14.2 Å². The standard InChI is InChI=1S/C21H22N2O7/c1-29-19(25)13-17(15-8-10-16(11-9-15)23(27)28)20(21(26)30-2)22-18(24)12-14-6-4-3-5-7-14/h3-11,17,20H,12-13H2,1-2H3,(H,22,24)/t17-,20+/m1/s1. The van der Waals surface area contributed by atoms with E-state index < -0.39 is 34.7 Å². The van der Waals surface area contributed by atoms with Gasteiger partial charge in [-0.3, -0.25) is 19.7 Å². The van der Waals surface area contributed by atoms with E-state index in [-0.39, 0.29) is 18.5 Å². The van der Waals surface area contributed by atoms with Gasteiger partial charge in [-0.05, 0) is 11.1 Å². The number of nitrogens with one attached hydrogen (secondary N) is 1. The third-order valence-corrected chi connectivity index (χ3v) is 4.53. The number of hydrogen-bond donors (Lipinski definition) is 1. The van der Waals surface area contributed by atoms with Crippen LogP contribution in [0.4, 0.5) is 5.69 Å². The van der Waals surface area contributed by atoms with Gasteiger partial charge >= 0.3 is 11.9 Å². The number of nitro benzene ring substituents is 1. The average molecular weight is 414 g/mol. The molecule has 0 radical (unpaired) electrons. The Labute approximate surface area is 173 Å². The summed E-state index contributed by atoms with van der Waals surface area (Å²) < 4.78 is 9.55. The molecule has 158 valence electrons. The van der Waals surface area contributed by atoms with E-state index in [1.807, 2.05) is 6.07 Å². The molecule has 1 N–H and O–H groups in total. The number of amides is 1. The number of rotatable bonds is 9. The molecule has 9 heteroatoms. The first kappa shape index (κ1) is 22.5. The Bertz CT molecular complexity index is 897. The van der Waals surface area contributed by atoms with Crippen LogP contribution in [0, 0.1) is 10.1 Å². The predicted octanol–water partition coefficient (Wildman–Crippen LogP) is 2.14. The summed E-state index contributed by atoms with van der Waals surface area (Å²) >= 11 is 0. The Morgan fingerprint density at radius 3 is 2.17 bits per heavy atom. The second kappa shape index (κ2) is 10.7. The van der Waals surface area contributed by atoms with Gasteiger partial charge in [-0.15, -0.1) is 0 Å². The Morgan fingerprint density at radius 1 is 1.00 bits per heavy atom. The lowest BCUT2D eigenvalue weighted by atomic mass is 9.88. The van der Waals surface area contributed by atoms with Gasteiger partial charge in [0, 0.05) is 18.1 Å². The molecular weight excluding hydrogens is 392 g/mol. The van der Waals surface area contributed by atoms with Crippen molar-refractivity contribution in [3.05, 3.63) is 75.8 Å².